The van der Waals surface area contributed by atoms with E-state index in [-0.39, 0.29) is 17.7 Å². The maximum absolute atomic E-state index is 12.3. The Bertz CT molecular complexity index is 1210. The van der Waals surface area contributed by atoms with Crippen LogP contribution in [0.2, 0.25) is 5.02 Å². The number of anilines is 1. The number of H-pyrrole nitrogens is 1. The topological polar surface area (TPSA) is 117 Å². The first-order valence-corrected chi connectivity index (χ1v) is 10.2. The van der Waals surface area contributed by atoms with Crippen LogP contribution in [-0.2, 0) is 10.2 Å². The first-order chi connectivity index (χ1) is 14.5. The van der Waals surface area contributed by atoms with Gasteiger partial charge in [0.05, 0.1) is 12.8 Å². The van der Waals surface area contributed by atoms with Crippen molar-refractivity contribution >= 4 is 29.0 Å². The predicted octanol–water partition coefficient (Wildman–Crippen LogP) is 4.23. The third-order valence-corrected chi connectivity index (χ3v) is 5.71. The van der Waals surface area contributed by atoms with Gasteiger partial charge >= 0.3 is 6.03 Å². The van der Waals surface area contributed by atoms with E-state index in [0.29, 0.717) is 27.9 Å². The molecule has 0 saturated carbocycles. The molecule has 1 atom stereocenters. The quantitative estimate of drug-likeness (QED) is 0.469. The fraction of sp³-hybridized carbons (Fsp3) is 0.381. The number of methoxy groups -OCH3 is 1. The number of aliphatic hydroxyl groups excluding tert-OH is 1. The average Bonchev–Trinajstić information content (AvgIpc) is 3.02. The van der Waals surface area contributed by atoms with Gasteiger partial charge in [0.2, 0.25) is 0 Å². The number of aromatic nitrogens is 4. The molecule has 3 aromatic rings. The van der Waals surface area contributed by atoms with Crippen molar-refractivity contribution in [1.29, 1.82) is 0 Å². The van der Waals surface area contributed by atoms with Crippen molar-refractivity contribution in [3.63, 3.8) is 0 Å². The van der Waals surface area contributed by atoms with Gasteiger partial charge in [-0.2, -0.15) is 4.63 Å². The molecule has 9 nitrogen and oxygen atoms in total. The minimum Gasteiger partial charge on any atom is -0.508 e. The number of hydrogen-bond donors (Lipinski definition) is 4. The molecule has 2 heterocycles. The Kier molecular flexibility index (Phi) is 4.88. The summed E-state index contributed by atoms with van der Waals surface area (Å²) in [6.45, 7) is 8.20. The van der Waals surface area contributed by atoms with Gasteiger partial charge in [-0.3, -0.25) is 5.10 Å². The number of urea groups is 1. The number of ether oxygens (including phenoxy) is 1. The molecule has 0 radical (unpaired) electrons. The highest BCUT2D eigenvalue weighted by atomic mass is 35.5. The Hall–Kier alpha value is -3.20. The van der Waals surface area contributed by atoms with Crippen molar-refractivity contribution in [2.75, 3.05) is 19.0 Å². The summed E-state index contributed by atoms with van der Waals surface area (Å²) >= 11 is 6.50. The molecule has 31 heavy (non-hydrogen) atoms. The van der Waals surface area contributed by atoms with Crippen LogP contribution in [0.3, 0.4) is 0 Å². The molecule has 2 amide bonds. The van der Waals surface area contributed by atoms with Gasteiger partial charge in [-0.1, -0.05) is 44.5 Å². The van der Waals surface area contributed by atoms with E-state index in [9.17, 15) is 9.90 Å². The molecule has 1 aromatic carbocycles. The number of nitrogens with one attached hydrogen (secondary N) is 3. The van der Waals surface area contributed by atoms with Crippen LogP contribution < -0.4 is 10.6 Å². The molecular weight excluding hydrogens is 420 g/mol. The maximum atomic E-state index is 12.3. The first-order valence-electron chi connectivity index (χ1n) is 9.83. The van der Waals surface area contributed by atoms with Gasteiger partial charge in [0.25, 0.3) is 0 Å². The second-order valence-electron chi connectivity index (χ2n) is 8.82. The summed E-state index contributed by atoms with van der Waals surface area (Å²) in [5.41, 5.74) is 1.94. The number of amides is 2. The van der Waals surface area contributed by atoms with Gasteiger partial charge < -0.3 is 20.5 Å². The molecule has 2 aromatic heterocycles. The van der Waals surface area contributed by atoms with Gasteiger partial charge in [0.1, 0.15) is 22.0 Å². The highest BCUT2D eigenvalue weighted by Crippen LogP contribution is 2.50. The number of halogens is 1. The Balaban J connectivity index is 1.47. The fourth-order valence-electron chi connectivity index (χ4n) is 3.44. The minimum absolute atomic E-state index is 0.159. The van der Waals surface area contributed by atoms with E-state index >= 15 is 0 Å². The molecule has 0 fully saturated rings. The van der Waals surface area contributed by atoms with Crippen LogP contribution in [0.1, 0.15) is 33.4 Å². The number of nitrogens with zero attached hydrogens (tertiary/aromatic N) is 3. The van der Waals surface area contributed by atoms with Crippen molar-refractivity contribution in [1.82, 2.24) is 25.1 Å². The van der Waals surface area contributed by atoms with E-state index in [2.05, 4.69) is 46.6 Å². The monoisotopic (exact) mass is 444 g/mol. The van der Waals surface area contributed by atoms with Gasteiger partial charge in [-0.25, -0.2) is 9.78 Å². The SMILES string of the molecule is COC1=C(O)C1(C)CNC(=O)Nc1cccc(-c2nc3c(Cl)c(C(C)(C)C)[nH]n3n2)c1. The average molecular weight is 445 g/mol. The van der Waals surface area contributed by atoms with Gasteiger partial charge in [0, 0.05) is 23.2 Å². The van der Waals surface area contributed by atoms with E-state index in [4.69, 9.17) is 16.3 Å². The second-order valence-corrected chi connectivity index (χ2v) is 9.20. The minimum atomic E-state index is -0.638. The smallest absolute Gasteiger partial charge is 0.319 e. The summed E-state index contributed by atoms with van der Waals surface area (Å²) in [5, 5.41) is 23.5. The summed E-state index contributed by atoms with van der Waals surface area (Å²) in [6.07, 6.45) is 0. The standard InChI is InChI=1S/C21H25ClN6O3/c1-20(2,3)14-13(22)18-25-17(27-28(18)26-14)11-7-6-8-12(9-11)24-19(30)23-10-21(4)15(29)16(21)31-5/h6-9,26,29H,10H2,1-5H3,(H2,23,24,30). The molecule has 0 aliphatic heterocycles. The summed E-state index contributed by atoms with van der Waals surface area (Å²) in [7, 11) is 1.49. The van der Waals surface area contributed by atoms with E-state index in [0.717, 1.165) is 11.3 Å². The van der Waals surface area contributed by atoms with Crippen molar-refractivity contribution in [2.24, 2.45) is 5.41 Å². The third-order valence-electron chi connectivity index (χ3n) is 5.35. The Morgan fingerprint density at radius 3 is 2.74 bits per heavy atom. The van der Waals surface area contributed by atoms with Crippen LogP contribution in [0.15, 0.2) is 35.8 Å². The van der Waals surface area contributed by atoms with Crippen molar-refractivity contribution in [2.45, 2.75) is 33.1 Å². The summed E-state index contributed by atoms with van der Waals surface area (Å²) in [5.74, 6) is 1.14. The van der Waals surface area contributed by atoms with Crippen LogP contribution in [0, 0.1) is 5.41 Å². The molecule has 10 heteroatoms. The fourth-order valence-corrected chi connectivity index (χ4v) is 3.89. The maximum Gasteiger partial charge on any atom is 0.319 e. The van der Waals surface area contributed by atoms with Crippen molar-refractivity contribution in [3.8, 4) is 11.4 Å². The van der Waals surface area contributed by atoms with Crippen LogP contribution in [0.25, 0.3) is 17.0 Å². The number of benzene rings is 1. The lowest BCUT2D eigenvalue weighted by molar-refractivity contribution is 0.241. The molecule has 1 aliphatic rings. The number of aliphatic hydroxyl groups is 1. The number of rotatable bonds is 5. The number of hydrogen-bond acceptors (Lipinski definition) is 5. The van der Waals surface area contributed by atoms with Crippen LogP contribution in [0.4, 0.5) is 10.5 Å². The normalized spacial score (nSPS) is 18.4. The van der Waals surface area contributed by atoms with E-state index in [1.54, 1.807) is 29.8 Å². The third kappa shape index (κ3) is 3.69. The lowest BCUT2D eigenvalue weighted by Gasteiger charge is -2.16. The number of carbonyl (C=O) groups excluding carboxylic acids is 1. The van der Waals surface area contributed by atoms with Gasteiger partial charge in [-0.05, 0) is 19.1 Å². The molecule has 0 saturated heterocycles. The van der Waals surface area contributed by atoms with E-state index in [1.807, 2.05) is 6.07 Å². The molecule has 1 aliphatic carbocycles. The van der Waals surface area contributed by atoms with Crippen LogP contribution >= 0.6 is 11.6 Å². The Labute approximate surface area is 184 Å². The largest absolute Gasteiger partial charge is 0.508 e. The number of fused-ring (bicyclic) bond motifs is 1. The molecule has 164 valence electrons. The first kappa shape index (κ1) is 21.0. The Morgan fingerprint density at radius 1 is 1.39 bits per heavy atom. The highest BCUT2D eigenvalue weighted by Gasteiger charge is 2.52. The predicted molar refractivity (Wildman–Crippen MR) is 118 cm³/mol. The summed E-state index contributed by atoms with van der Waals surface area (Å²) < 4.78 is 6.65. The lowest BCUT2D eigenvalue weighted by atomic mass is 9.92. The second kappa shape index (κ2) is 7.19. The van der Waals surface area contributed by atoms with E-state index < -0.39 is 11.4 Å². The number of carbonyl (C=O) groups is 1. The Morgan fingerprint density at radius 2 is 2.13 bits per heavy atom. The molecule has 4 N–H and O–H groups in total. The van der Waals surface area contributed by atoms with Crippen LogP contribution in [-0.4, -0.2) is 44.6 Å². The van der Waals surface area contributed by atoms with Crippen molar-refractivity contribution in [3.05, 3.63) is 46.5 Å². The molecular formula is C21H25ClN6O3. The zero-order valence-corrected chi connectivity index (χ0v) is 18.8. The van der Waals surface area contributed by atoms with E-state index in [1.165, 1.54) is 7.11 Å². The molecule has 0 spiro atoms. The van der Waals surface area contributed by atoms with Crippen molar-refractivity contribution < 1.29 is 14.6 Å². The molecule has 1 unspecified atom stereocenters. The summed E-state index contributed by atoms with van der Waals surface area (Å²) in [6, 6.07) is 6.82. The van der Waals surface area contributed by atoms with Gasteiger partial charge in [0.15, 0.2) is 11.5 Å². The summed E-state index contributed by atoms with van der Waals surface area (Å²) in [4.78, 5) is 16.8. The van der Waals surface area contributed by atoms with Gasteiger partial charge in [-0.15, -0.1) is 5.10 Å². The zero-order valence-electron chi connectivity index (χ0n) is 18.0. The lowest BCUT2D eigenvalue weighted by Crippen LogP contribution is -2.34. The molecule has 0 bridgehead atoms. The zero-order chi connectivity index (χ0) is 22.6. The van der Waals surface area contributed by atoms with Crippen LogP contribution in [0.5, 0.6) is 0 Å². The number of aromatic amines is 1. The molecule has 4 rings (SSSR count). The highest BCUT2D eigenvalue weighted by molar-refractivity contribution is 6.34.